The highest BCUT2D eigenvalue weighted by Crippen LogP contribution is 2.28. The van der Waals surface area contributed by atoms with Gasteiger partial charge < -0.3 is 15.0 Å². The molecule has 2 aliphatic rings. The standard InChI is InChI=1S/C15H23N3O3/c1-21-14(20)12-4-8-18(9-5-12)10-13(19)17-15(11-16)6-2-3-7-15/h12H,2-10H2,1H3,(H,17,19)/p+1. The van der Waals surface area contributed by atoms with Gasteiger partial charge in [0.1, 0.15) is 5.54 Å². The molecule has 2 N–H and O–H groups in total. The van der Waals surface area contributed by atoms with Crippen LogP contribution in [0, 0.1) is 17.2 Å². The summed E-state index contributed by atoms with van der Waals surface area (Å²) in [4.78, 5) is 24.8. The molecule has 1 aliphatic heterocycles. The van der Waals surface area contributed by atoms with E-state index in [1.807, 2.05) is 0 Å². The van der Waals surface area contributed by atoms with Gasteiger partial charge in [-0.15, -0.1) is 0 Å². The maximum Gasteiger partial charge on any atom is 0.309 e. The second-order valence-electron chi connectivity index (χ2n) is 6.17. The number of piperidine rings is 1. The van der Waals surface area contributed by atoms with Crippen molar-refractivity contribution in [3.63, 3.8) is 0 Å². The molecule has 1 saturated carbocycles. The Balaban J connectivity index is 1.77. The average molecular weight is 294 g/mol. The van der Waals surface area contributed by atoms with Crippen LogP contribution in [0.2, 0.25) is 0 Å². The van der Waals surface area contributed by atoms with Crippen molar-refractivity contribution in [1.82, 2.24) is 5.32 Å². The Bertz CT molecular complexity index is 430. The minimum Gasteiger partial charge on any atom is -0.469 e. The summed E-state index contributed by atoms with van der Waals surface area (Å²) in [6.07, 6.45) is 5.05. The van der Waals surface area contributed by atoms with Crippen molar-refractivity contribution in [3.05, 3.63) is 0 Å². The SMILES string of the molecule is COC(=O)C1CC[NH+](CC(=O)NC2(C#N)CCCC2)CC1. The van der Waals surface area contributed by atoms with Gasteiger partial charge in [0.05, 0.1) is 32.2 Å². The Morgan fingerprint density at radius 2 is 1.95 bits per heavy atom. The molecule has 0 unspecified atom stereocenters. The van der Waals surface area contributed by atoms with E-state index in [9.17, 15) is 14.9 Å². The van der Waals surface area contributed by atoms with Gasteiger partial charge in [-0.05, 0) is 25.7 Å². The fraction of sp³-hybridized carbons (Fsp3) is 0.800. The van der Waals surface area contributed by atoms with Crippen LogP contribution in [0.1, 0.15) is 38.5 Å². The largest absolute Gasteiger partial charge is 0.469 e. The van der Waals surface area contributed by atoms with E-state index in [2.05, 4.69) is 11.4 Å². The number of carbonyl (C=O) groups excluding carboxylic acids is 2. The number of likely N-dealkylation sites (tertiary alicyclic amines) is 1. The predicted octanol–water partition coefficient (Wildman–Crippen LogP) is -0.593. The van der Waals surface area contributed by atoms with Crippen LogP contribution in [0.4, 0.5) is 0 Å². The van der Waals surface area contributed by atoms with Crippen LogP contribution in [0.5, 0.6) is 0 Å². The van der Waals surface area contributed by atoms with Crippen molar-refractivity contribution in [2.24, 2.45) is 5.92 Å². The van der Waals surface area contributed by atoms with Crippen LogP contribution in [0.3, 0.4) is 0 Å². The Hall–Kier alpha value is -1.61. The zero-order valence-electron chi connectivity index (χ0n) is 12.6. The minimum absolute atomic E-state index is 0.0258. The van der Waals surface area contributed by atoms with E-state index in [0.717, 1.165) is 51.6 Å². The van der Waals surface area contributed by atoms with Crippen molar-refractivity contribution < 1.29 is 19.2 Å². The molecule has 0 atom stereocenters. The summed E-state index contributed by atoms with van der Waals surface area (Å²) in [7, 11) is 1.41. The van der Waals surface area contributed by atoms with Gasteiger partial charge in [-0.1, -0.05) is 0 Å². The van der Waals surface area contributed by atoms with E-state index in [4.69, 9.17) is 4.74 Å². The van der Waals surface area contributed by atoms with Gasteiger partial charge >= 0.3 is 5.97 Å². The first kappa shape index (κ1) is 15.8. The second-order valence-corrected chi connectivity index (χ2v) is 6.17. The molecule has 2 fully saturated rings. The van der Waals surface area contributed by atoms with Crippen LogP contribution in [-0.4, -0.2) is 44.2 Å². The molecule has 0 bridgehead atoms. The number of carbonyl (C=O) groups is 2. The number of quaternary nitrogens is 1. The normalized spacial score (nSPS) is 27.6. The zero-order valence-corrected chi connectivity index (χ0v) is 12.6. The van der Waals surface area contributed by atoms with Crippen LogP contribution < -0.4 is 10.2 Å². The van der Waals surface area contributed by atoms with Gasteiger partial charge in [-0.3, -0.25) is 9.59 Å². The second kappa shape index (κ2) is 6.90. The number of nitrogens with zero attached hydrogens (tertiary/aromatic N) is 1. The molecular formula is C15H24N3O3+. The first-order chi connectivity index (χ1) is 10.1. The number of nitrogens with one attached hydrogen (secondary N) is 2. The molecule has 0 radical (unpaired) electrons. The number of hydrogen-bond donors (Lipinski definition) is 2. The van der Waals surface area contributed by atoms with Crippen LogP contribution in [0.25, 0.3) is 0 Å². The molecule has 116 valence electrons. The third-order valence-electron chi connectivity index (χ3n) is 4.69. The molecule has 21 heavy (non-hydrogen) atoms. The van der Waals surface area contributed by atoms with Gasteiger partial charge in [-0.25, -0.2) is 0 Å². The smallest absolute Gasteiger partial charge is 0.309 e. The number of nitriles is 1. The lowest BCUT2D eigenvalue weighted by Crippen LogP contribution is -3.14. The molecule has 0 aromatic carbocycles. The van der Waals surface area contributed by atoms with Crippen molar-refractivity contribution in [3.8, 4) is 6.07 Å². The number of amides is 1. The Morgan fingerprint density at radius 1 is 1.33 bits per heavy atom. The van der Waals surface area contributed by atoms with Crippen molar-refractivity contribution >= 4 is 11.9 Å². The van der Waals surface area contributed by atoms with Crippen molar-refractivity contribution in [1.29, 1.82) is 5.26 Å². The van der Waals surface area contributed by atoms with E-state index in [1.165, 1.54) is 12.0 Å². The summed E-state index contributed by atoms with van der Waals surface area (Å²) in [5.74, 6) is -0.222. The molecule has 1 amide bonds. The van der Waals surface area contributed by atoms with Gasteiger partial charge in [0.25, 0.3) is 5.91 Å². The van der Waals surface area contributed by atoms with E-state index in [0.29, 0.717) is 6.54 Å². The van der Waals surface area contributed by atoms with Crippen LogP contribution >= 0.6 is 0 Å². The Labute approximate surface area is 125 Å². The lowest BCUT2D eigenvalue weighted by molar-refractivity contribution is -0.897. The van der Waals surface area contributed by atoms with E-state index in [-0.39, 0.29) is 17.8 Å². The molecule has 2 rings (SSSR count). The average Bonchev–Trinajstić information content (AvgIpc) is 2.96. The zero-order chi connectivity index (χ0) is 15.3. The fourth-order valence-electron chi connectivity index (χ4n) is 3.39. The molecule has 6 nitrogen and oxygen atoms in total. The highest BCUT2D eigenvalue weighted by atomic mass is 16.5. The summed E-state index contributed by atoms with van der Waals surface area (Å²) >= 11 is 0. The third kappa shape index (κ3) is 3.94. The molecule has 1 saturated heterocycles. The fourth-order valence-corrected chi connectivity index (χ4v) is 3.39. The topological polar surface area (TPSA) is 83.6 Å². The molecular weight excluding hydrogens is 270 g/mol. The van der Waals surface area contributed by atoms with Crippen LogP contribution in [-0.2, 0) is 14.3 Å². The van der Waals surface area contributed by atoms with E-state index in [1.54, 1.807) is 0 Å². The van der Waals surface area contributed by atoms with E-state index < -0.39 is 5.54 Å². The predicted molar refractivity (Wildman–Crippen MR) is 75.3 cm³/mol. The summed E-state index contributed by atoms with van der Waals surface area (Å²) in [5.41, 5.74) is -0.638. The van der Waals surface area contributed by atoms with Gasteiger partial charge in [0.15, 0.2) is 6.54 Å². The van der Waals surface area contributed by atoms with Crippen LogP contribution in [0.15, 0.2) is 0 Å². The molecule has 1 aliphatic carbocycles. The maximum absolute atomic E-state index is 12.1. The summed E-state index contributed by atoms with van der Waals surface area (Å²) in [5, 5.41) is 12.2. The van der Waals surface area contributed by atoms with Gasteiger partial charge in [0.2, 0.25) is 0 Å². The highest BCUT2D eigenvalue weighted by Gasteiger charge is 2.36. The monoisotopic (exact) mass is 294 g/mol. The molecule has 1 heterocycles. The quantitative estimate of drug-likeness (QED) is 0.679. The van der Waals surface area contributed by atoms with Crippen molar-refractivity contribution in [2.45, 2.75) is 44.1 Å². The number of rotatable bonds is 4. The van der Waals surface area contributed by atoms with Crippen molar-refractivity contribution in [2.75, 3.05) is 26.7 Å². The Kier molecular flexibility index (Phi) is 5.18. The number of hydrogen-bond acceptors (Lipinski definition) is 4. The minimum atomic E-state index is -0.638. The molecule has 0 aromatic heterocycles. The lowest BCUT2D eigenvalue weighted by Gasteiger charge is -2.29. The molecule has 0 aromatic rings. The first-order valence-electron chi connectivity index (χ1n) is 7.72. The number of methoxy groups -OCH3 is 1. The Morgan fingerprint density at radius 3 is 2.48 bits per heavy atom. The third-order valence-corrected chi connectivity index (χ3v) is 4.69. The van der Waals surface area contributed by atoms with Gasteiger partial charge in [0, 0.05) is 12.8 Å². The summed E-state index contributed by atoms with van der Waals surface area (Å²) < 4.78 is 4.76. The lowest BCUT2D eigenvalue weighted by atomic mass is 9.97. The molecule has 6 heteroatoms. The highest BCUT2D eigenvalue weighted by molar-refractivity contribution is 5.78. The summed E-state index contributed by atoms with van der Waals surface area (Å²) in [6.45, 7) is 1.98. The number of esters is 1. The molecule has 0 spiro atoms. The maximum atomic E-state index is 12.1. The van der Waals surface area contributed by atoms with Gasteiger partial charge in [-0.2, -0.15) is 5.26 Å². The number of ether oxygens (including phenoxy) is 1. The summed E-state index contributed by atoms with van der Waals surface area (Å²) in [6, 6.07) is 2.27. The first-order valence-corrected chi connectivity index (χ1v) is 7.72. The van der Waals surface area contributed by atoms with E-state index >= 15 is 0 Å².